The van der Waals surface area contributed by atoms with E-state index in [0.29, 0.717) is 6.42 Å². The first-order valence-electron chi connectivity index (χ1n) is 7.48. The van der Waals surface area contributed by atoms with E-state index in [1.54, 1.807) is 13.8 Å². The van der Waals surface area contributed by atoms with E-state index in [9.17, 15) is 34.8 Å². The van der Waals surface area contributed by atoms with E-state index in [1.165, 1.54) is 6.08 Å². The van der Waals surface area contributed by atoms with Gasteiger partial charge in [0.15, 0.2) is 5.78 Å². The van der Waals surface area contributed by atoms with Crippen molar-refractivity contribution in [2.24, 2.45) is 5.92 Å². The highest BCUT2D eigenvalue weighted by Crippen LogP contribution is 2.32. The van der Waals surface area contributed by atoms with Gasteiger partial charge in [-0.1, -0.05) is 19.4 Å². The number of carbonyl (C=O) groups excluding carboxylic acids is 1. The number of rotatable bonds is 4. The number of ketones is 1. The first-order valence-corrected chi connectivity index (χ1v) is 7.48. The summed E-state index contributed by atoms with van der Waals surface area (Å²) in [6, 6.07) is 0. The topological polar surface area (TPSA) is 132 Å². The smallest absolute Gasteiger partial charge is 0.332 e. The zero-order valence-corrected chi connectivity index (χ0v) is 13.2. The minimum Gasteiger partial charge on any atom is -0.478 e. The third-order valence-electron chi connectivity index (χ3n) is 4.07. The van der Waals surface area contributed by atoms with Gasteiger partial charge in [-0.05, 0) is 18.9 Å². The molecule has 0 saturated heterocycles. The van der Waals surface area contributed by atoms with Gasteiger partial charge < -0.3 is 20.4 Å². The molecular weight excluding hydrogens is 304 g/mol. The predicted octanol–water partition coefficient (Wildman–Crippen LogP) is 0.899. The molecule has 1 aliphatic carbocycles. The van der Waals surface area contributed by atoms with Crippen molar-refractivity contribution in [2.75, 3.05) is 0 Å². The molecule has 0 unspecified atom stereocenters. The van der Waals surface area contributed by atoms with E-state index in [4.69, 9.17) is 0 Å². The second-order valence-electron chi connectivity index (χ2n) is 5.57. The number of carboxylic acid groups (broad SMARTS) is 2. The highest BCUT2D eigenvalue weighted by molar-refractivity contribution is 6.00. The molecule has 0 bridgehead atoms. The molecule has 0 heterocycles. The van der Waals surface area contributed by atoms with Crippen molar-refractivity contribution in [1.82, 2.24) is 0 Å². The van der Waals surface area contributed by atoms with Crippen molar-refractivity contribution in [3.63, 3.8) is 0 Å². The molecule has 0 aromatic heterocycles. The Bertz CT molecular complexity index is 559. The van der Waals surface area contributed by atoms with Crippen LogP contribution in [0.5, 0.6) is 0 Å². The Morgan fingerprint density at radius 3 is 2.26 bits per heavy atom. The zero-order valence-electron chi connectivity index (χ0n) is 13.2. The number of aliphatic hydroxyl groups excluding tert-OH is 2. The average molecular weight is 326 g/mol. The van der Waals surface area contributed by atoms with Crippen LogP contribution in [-0.4, -0.2) is 50.4 Å². The fraction of sp³-hybridized carbons (Fsp3) is 0.562. The van der Waals surface area contributed by atoms with Gasteiger partial charge in [0.2, 0.25) is 0 Å². The Labute approximate surface area is 133 Å². The maximum atomic E-state index is 12.1. The lowest BCUT2D eigenvalue weighted by Crippen LogP contribution is -2.35. The Morgan fingerprint density at radius 1 is 1.22 bits per heavy atom. The molecule has 7 nitrogen and oxygen atoms in total. The van der Waals surface area contributed by atoms with Crippen molar-refractivity contribution in [3.05, 3.63) is 22.8 Å². The number of carboxylic acids is 2. The van der Waals surface area contributed by atoms with E-state index < -0.39 is 47.0 Å². The number of aliphatic hydroxyl groups is 2. The normalized spacial score (nSPS) is 31.4. The van der Waals surface area contributed by atoms with E-state index in [0.717, 1.165) is 0 Å². The molecular formula is C16H22O7. The maximum Gasteiger partial charge on any atom is 0.332 e. The van der Waals surface area contributed by atoms with Crippen molar-refractivity contribution in [3.8, 4) is 0 Å². The summed E-state index contributed by atoms with van der Waals surface area (Å²) in [6.07, 6.45) is -1.46. The van der Waals surface area contributed by atoms with E-state index >= 15 is 0 Å². The Balaban J connectivity index is 3.62. The summed E-state index contributed by atoms with van der Waals surface area (Å²) in [5, 5.41) is 39.2. The van der Waals surface area contributed by atoms with Gasteiger partial charge in [-0.25, -0.2) is 9.59 Å². The van der Waals surface area contributed by atoms with Crippen LogP contribution >= 0.6 is 0 Å². The van der Waals surface area contributed by atoms with Crippen LogP contribution in [0.15, 0.2) is 22.8 Å². The second-order valence-corrected chi connectivity index (χ2v) is 5.57. The molecule has 0 radical (unpaired) electrons. The summed E-state index contributed by atoms with van der Waals surface area (Å²) in [5.41, 5.74) is -0.621. The molecule has 4 N–H and O–H groups in total. The summed E-state index contributed by atoms with van der Waals surface area (Å²) in [5.74, 6) is -4.71. The molecule has 0 saturated carbocycles. The number of hydrogen-bond acceptors (Lipinski definition) is 5. The Kier molecular flexibility index (Phi) is 6.65. The van der Waals surface area contributed by atoms with Crippen molar-refractivity contribution in [1.29, 1.82) is 0 Å². The lowest BCUT2D eigenvalue weighted by molar-refractivity contribution is -0.138. The molecule has 0 spiro atoms. The van der Waals surface area contributed by atoms with Crippen LogP contribution < -0.4 is 0 Å². The second kappa shape index (κ2) is 8.03. The molecule has 7 heteroatoms. The van der Waals surface area contributed by atoms with Crippen molar-refractivity contribution >= 4 is 17.7 Å². The van der Waals surface area contributed by atoms with Crippen LogP contribution in [0, 0.1) is 5.92 Å². The third kappa shape index (κ3) is 4.27. The average Bonchev–Trinajstić information content (AvgIpc) is 2.50. The van der Waals surface area contributed by atoms with E-state index in [1.807, 2.05) is 0 Å². The summed E-state index contributed by atoms with van der Waals surface area (Å²) in [7, 11) is 0. The van der Waals surface area contributed by atoms with Gasteiger partial charge in [0.25, 0.3) is 0 Å². The molecule has 0 fully saturated rings. The highest BCUT2D eigenvalue weighted by atomic mass is 16.4. The van der Waals surface area contributed by atoms with Gasteiger partial charge in [0.05, 0.1) is 17.3 Å². The molecule has 1 aliphatic rings. The fourth-order valence-electron chi connectivity index (χ4n) is 2.85. The molecule has 3 atom stereocenters. The van der Waals surface area contributed by atoms with Gasteiger partial charge in [-0.2, -0.15) is 0 Å². The monoisotopic (exact) mass is 326 g/mol. The van der Waals surface area contributed by atoms with Crippen molar-refractivity contribution in [2.45, 2.75) is 51.7 Å². The quantitative estimate of drug-likeness (QED) is 0.564. The summed E-state index contributed by atoms with van der Waals surface area (Å²) >= 11 is 0. The van der Waals surface area contributed by atoms with Crippen LogP contribution in [0.4, 0.5) is 0 Å². The van der Waals surface area contributed by atoms with Crippen LogP contribution in [0.25, 0.3) is 0 Å². The molecule has 0 aromatic carbocycles. The van der Waals surface area contributed by atoms with E-state index in [-0.39, 0.29) is 24.8 Å². The van der Waals surface area contributed by atoms with Crippen LogP contribution in [0.2, 0.25) is 0 Å². The van der Waals surface area contributed by atoms with Gasteiger partial charge in [0.1, 0.15) is 6.10 Å². The summed E-state index contributed by atoms with van der Waals surface area (Å²) in [6.45, 7) is 3.32. The Hall–Kier alpha value is -1.99. The molecule has 0 aromatic rings. The van der Waals surface area contributed by atoms with Crippen LogP contribution in [0.1, 0.15) is 39.5 Å². The largest absolute Gasteiger partial charge is 0.478 e. The molecule has 1 rings (SSSR count). The summed E-state index contributed by atoms with van der Waals surface area (Å²) in [4.78, 5) is 35.3. The molecule has 23 heavy (non-hydrogen) atoms. The minimum absolute atomic E-state index is 0.159. The number of hydrogen-bond donors (Lipinski definition) is 4. The first kappa shape index (κ1) is 19.1. The molecule has 0 aliphatic heterocycles. The Morgan fingerprint density at radius 2 is 1.83 bits per heavy atom. The lowest BCUT2D eigenvalue weighted by atomic mass is 9.83. The molecule has 128 valence electrons. The predicted molar refractivity (Wildman–Crippen MR) is 80.7 cm³/mol. The van der Waals surface area contributed by atoms with Crippen LogP contribution in [-0.2, 0) is 14.4 Å². The van der Waals surface area contributed by atoms with Gasteiger partial charge >= 0.3 is 11.9 Å². The van der Waals surface area contributed by atoms with Gasteiger partial charge in [-0.15, -0.1) is 0 Å². The summed E-state index contributed by atoms with van der Waals surface area (Å²) < 4.78 is 0. The lowest BCUT2D eigenvalue weighted by Gasteiger charge is -2.23. The minimum atomic E-state index is -1.65. The highest BCUT2D eigenvalue weighted by Gasteiger charge is 2.38. The zero-order chi connectivity index (χ0) is 17.7. The standard InChI is InChI=1S/C16H22O7/c1-3-5-9-13(16(22)23)10(15(20)21)6-8(4-2)11(17)7-12(18)14(9)19/h4,9,11,14,17,19H,3,5-7H2,1-2H3,(H,20,21)(H,22,23)/b8-4?,13-10-/t9-,11+,14+/m0/s1. The number of carbonyl (C=O) groups is 3. The molecule has 0 amide bonds. The SMILES string of the molecule is CC=C1C/C(C(=O)O)=C(/C(=O)O)[C@H](CCC)[C@@H](O)C(=O)C[C@H]1O. The first-order chi connectivity index (χ1) is 10.7. The van der Waals surface area contributed by atoms with Gasteiger partial charge in [0, 0.05) is 18.8 Å². The number of aliphatic carboxylic acids is 2. The van der Waals surface area contributed by atoms with E-state index in [2.05, 4.69) is 0 Å². The van der Waals surface area contributed by atoms with Crippen molar-refractivity contribution < 1.29 is 34.8 Å². The fourth-order valence-corrected chi connectivity index (χ4v) is 2.85. The maximum absolute atomic E-state index is 12.1. The third-order valence-corrected chi connectivity index (χ3v) is 4.07. The number of Topliss-reactive ketones (excluding diaryl/α,β-unsaturated/α-hetero) is 1. The number of allylic oxidation sites excluding steroid dienone is 1. The van der Waals surface area contributed by atoms with Crippen LogP contribution in [0.3, 0.4) is 0 Å². The van der Waals surface area contributed by atoms with Gasteiger partial charge in [-0.3, -0.25) is 4.79 Å².